The number of pyridine rings is 1. The standard InChI is InChI=1S/C22H38N6O2/c1-5-24-22(27-19-7-10-28(11-8-19)15-20(23)29)26-14-18-6-9-25-21(13-18)30-17(4)12-16(2)3/h6,9,13,16-17,19H,5,7-8,10-12,14-15H2,1-4H3,(H2,23,29)(H2,24,26,27). The molecule has 1 aromatic heterocycles. The van der Waals surface area contributed by atoms with Crippen LogP contribution in [0.5, 0.6) is 5.88 Å². The van der Waals surface area contributed by atoms with Gasteiger partial charge in [-0.25, -0.2) is 9.98 Å². The van der Waals surface area contributed by atoms with Crippen molar-refractivity contribution in [2.24, 2.45) is 16.6 Å². The Morgan fingerprint density at radius 1 is 1.37 bits per heavy atom. The zero-order valence-electron chi connectivity index (χ0n) is 18.9. The van der Waals surface area contributed by atoms with E-state index >= 15 is 0 Å². The summed E-state index contributed by atoms with van der Waals surface area (Å²) in [6.45, 7) is 11.9. The van der Waals surface area contributed by atoms with Crippen molar-refractivity contribution >= 4 is 11.9 Å². The lowest BCUT2D eigenvalue weighted by Gasteiger charge is -2.32. The van der Waals surface area contributed by atoms with E-state index < -0.39 is 0 Å². The topological polar surface area (TPSA) is 105 Å². The zero-order chi connectivity index (χ0) is 21.9. The van der Waals surface area contributed by atoms with Crippen LogP contribution in [-0.4, -0.2) is 60.1 Å². The van der Waals surface area contributed by atoms with Gasteiger partial charge in [-0.2, -0.15) is 0 Å². The Bertz CT molecular complexity index is 686. The van der Waals surface area contributed by atoms with Gasteiger partial charge in [0.15, 0.2) is 5.96 Å². The van der Waals surface area contributed by atoms with Crippen molar-refractivity contribution < 1.29 is 9.53 Å². The number of nitrogens with two attached hydrogens (primary N) is 1. The molecule has 0 radical (unpaired) electrons. The van der Waals surface area contributed by atoms with Crippen molar-refractivity contribution in [2.45, 2.75) is 65.6 Å². The van der Waals surface area contributed by atoms with E-state index in [4.69, 9.17) is 15.5 Å². The Morgan fingerprint density at radius 2 is 2.10 bits per heavy atom. The summed E-state index contributed by atoms with van der Waals surface area (Å²) in [6, 6.07) is 4.27. The highest BCUT2D eigenvalue weighted by Crippen LogP contribution is 2.15. The molecule has 1 aliphatic heterocycles. The van der Waals surface area contributed by atoms with Gasteiger partial charge in [-0.05, 0) is 50.7 Å². The fraction of sp³-hybridized carbons (Fsp3) is 0.682. The van der Waals surface area contributed by atoms with Gasteiger partial charge in [0.1, 0.15) is 0 Å². The molecule has 1 aromatic rings. The molecule has 1 atom stereocenters. The largest absolute Gasteiger partial charge is 0.475 e. The molecule has 0 aliphatic carbocycles. The first-order chi connectivity index (χ1) is 14.4. The number of guanidine groups is 1. The van der Waals surface area contributed by atoms with E-state index in [9.17, 15) is 4.79 Å². The molecule has 1 fully saturated rings. The van der Waals surface area contributed by atoms with Gasteiger partial charge >= 0.3 is 0 Å². The summed E-state index contributed by atoms with van der Waals surface area (Å²) in [7, 11) is 0. The van der Waals surface area contributed by atoms with E-state index in [2.05, 4.69) is 48.2 Å². The molecule has 8 heteroatoms. The number of nitrogens with one attached hydrogen (secondary N) is 2. The molecule has 0 bridgehead atoms. The maximum Gasteiger partial charge on any atom is 0.231 e. The van der Waals surface area contributed by atoms with Gasteiger partial charge in [0.2, 0.25) is 11.8 Å². The Kier molecular flexibility index (Phi) is 9.86. The number of hydrogen-bond acceptors (Lipinski definition) is 5. The van der Waals surface area contributed by atoms with Crippen LogP contribution < -0.4 is 21.1 Å². The van der Waals surface area contributed by atoms with Gasteiger partial charge in [0.05, 0.1) is 19.2 Å². The highest BCUT2D eigenvalue weighted by Gasteiger charge is 2.20. The molecule has 2 rings (SSSR count). The summed E-state index contributed by atoms with van der Waals surface area (Å²) in [5, 5.41) is 6.83. The predicted molar refractivity (Wildman–Crippen MR) is 120 cm³/mol. The second-order valence-corrected chi connectivity index (χ2v) is 8.42. The minimum atomic E-state index is -0.268. The van der Waals surface area contributed by atoms with Crippen LogP contribution in [0.3, 0.4) is 0 Å². The van der Waals surface area contributed by atoms with Crippen LogP contribution in [0.4, 0.5) is 0 Å². The molecule has 30 heavy (non-hydrogen) atoms. The molecule has 1 aliphatic rings. The molecular formula is C22H38N6O2. The summed E-state index contributed by atoms with van der Waals surface area (Å²) in [5.74, 6) is 1.77. The van der Waals surface area contributed by atoms with E-state index in [1.165, 1.54) is 0 Å². The maximum absolute atomic E-state index is 11.1. The molecule has 1 saturated heterocycles. The van der Waals surface area contributed by atoms with Crippen molar-refractivity contribution in [3.05, 3.63) is 23.9 Å². The Labute approximate surface area is 180 Å². The lowest BCUT2D eigenvalue weighted by Crippen LogP contribution is -2.49. The average Bonchev–Trinajstić information content (AvgIpc) is 2.67. The van der Waals surface area contributed by atoms with Gasteiger partial charge in [0.25, 0.3) is 0 Å². The molecule has 1 amide bonds. The van der Waals surface area contributed by atoms with Crippen molar-refractivity contribution in [3.63, 3.8) is 0 Å². The lowest BCUT2D eigenvalue weighted by molar-refractivity contribution is -0.119. The fourth-order valence-corrected chi connectivity index (χ4v) is 3.67. The molecule has 0 saturated carbocycles. The number of ether oxygens (including phenoxy) is 1. The predicted octanol–water partition coefficient (Wildman–Crippen LogP) is 1.90. The number of carbonyl (C=O) groups is 1. The number of aromatic nitrogens is 1. The third kappa shape index (κ3) is 8.98. The first-order valence-electron chi connectivity index (χ1n) is 11.0. The van der Waals surface area contributed by atoms with Crippen LogP contribution in [-0.2, 0) is 11.3 Å². The molecule has 4 N–H and O–H groups in total. The number of primary amides is 1. The summed E-state index contributed by atoms with van der Waals surface area (Å²) in [4.78, 5) is 22.3. The first kappa shape index (κ1) is 23.9. The normalized spacial score (nSPS) is 17.0. The molecular weight excluding hydrogens is 380 g/mol. The van der Waals surface area contributed by atoms with Crippen LogP contribution in [0, 0.1) is 5.92 Å². The van der Waals surface area contributed by atoms with Crippen LogP contribution >= 0.6 is 0 Å². The van der Waals surface area contributed by atoms with Crippen molar-refractivity contribution in [1.29, 1.82) is 0 Å². The summed E-state index contributed by atoms with van der Waals surface area (Å²) in [6.07, 6.45) is 4.82. The van der Waals surface area contributed by atoms with Crippen LogP contribution in [0.2, 0.25) is 0 Å². The lowest BCUT2D eigenvalue weighted by atomic mass is 10.1. The Hall–Kier alpha value is -2.35. The summed E-state index contributed by atoms with van der Waals surface area (Å²) in [5.41, 5.74) is 6.35. The minimum Gasteiger partial charge on any atom is -0.475 e. The number of aliphatic imine (C=N–C) groups is 1. The molecule has 1 unspecified atom stereocenters. The fourth-order valence-electron chi connectivity index (χ4n) is 3.67. The summed E-state index contributed by atoms with van der Waals surface area (Å²) < 4.78 is 5.95. The van der Waals surface area contributed by atoms with Gasteiger partial charge in [-0.3, -0.25) is 9.69 Å². The number of carbonyl (C=O) groups excluding carboxylic acids is 1. The molecule has 168 valence electrons. The van der Waals surface area contributed by atoms with Crippen molar-refractivity contribution in [1.82, 2.24) is 20.5 Å². The van der Waals surface area contributed by atoms with Gasteiger partial charge in [0, 0.05) is 37.9 Å². The Morgan fingerprint density at radius 3 is 2.73 bits per heavy atom. The van der Waals surface area contributed by atoms with Crippen molar-refractivity contribution in [2.75, 3.05) is 26.2 Å². The highest BCUT2D eigenvalue weighted by atomic mass is 16.5. The molecule has 2 heterocycles. The third-order valence-corrected chi connectivity index (χ3v) is 5.00. The quantitative estimate of drug-likeness (QED) is 0.396. The van der Waals surface area contributed by atoms with Gasteiger partial charge in [-0.1, -0.05) is 13.8 Å². The van der Waals surface area contributed by atoms with E-state index in [0.717, 1.165) is 50.4 Å². The van der Waals surface area contributed by atoms with E-state index in [-0.39, 0.29) is 12.0 Å². The Balaban J connectivity index is 1.90. The number of likely N-dealkylation sites (tertiary alicyclic amines) is 1. The van der Waals surface area contributed by atoms with Crippen LogP contribution in [0.15, 0.2) is 23.3 Å². The highest BCUT2D eigenvalue weighted by molar-refractivity contribution is 5.80. The molecule has 8 nitrogen and oxygen atoms in total. The smallest absolute Gasteiger partial charge is 0.231 e. The minimum absolute atomic E-state index is 0.135. The number of amides is 1. The average molecular weight is 419 g/mol. The zero-order valence-corrected chi connectivity index (χ0v) is 18.9. The number of rotatable bonds is 10. The molecule has 0 aromatic carbocycles. The summed E-state index contributed by atoms with van der Waals surface area (Å²) >= 11 is 0. The molecule has 0 spiro atoms. The number of piperidine rings is 1. The SMILES string of the molecule is CCNC(=NCc1ccnc(OC(C)CC(C)C)c1)NC1CCN(CC(N)=O)CC1. The van der Waals surface area contributed by atoms with Crippen molar-refractivity contribution in [3.8, 4) is 5.88 Å². The van der Waals surface area contributed by atoms with Crippen LogP contribution in [0.1, 0.15) is 52.5 Å². The van der Waals surface area contributed by atoms with E-state index in [1.807, 2.05) is 12.1 Å². The van der Waals surface area contributed by atoms with Crippen LogP contribution in [0.25, 0.3) is 0 Å². The number of nitrogens with zero attached hydrogens (tertiary/aromatic N) is 3. The van der Waals surface area contributed by atoms with Gasteiger partial charge in [-0.15, -0.1) is 0 Å². The first-order valence-corrected chi connectivity index (χ1v) is 11.0. The monoisotopic (exact) mass is 418 g/mol. The maximum atomic E-state index is 11.1. The second-order valence-electron chi connectivity index (χ2n) is 8.42. The second kappa shape index (κ2) is 12.4. The van der Waals surface area contributed by atoms with Gasteiger partial charge < -0.3 is 21.1 Å². The van der Waals surface area contributed by atoms with E-state index in [1.54, 1.807) is 6.20 Å². The number of hydrogen-bond donors (Lipinski definition) is 3. The third-order valence-electron chi connectivity index (χ3n) is 5.00. The van der Waals surface area contributed by atoms with E-state index in [0.29, 0.717) is 30.9 Å².